The standard InChI is InChI=1S/C22H20N2O2S/c1-14(11-12-15-7-3-2-4-8-15)23-22(26)19-13-17-20(27-19)16-9-5-6-10-18(16)24-21(17)25/h2-10,13-14H,11-12H2,1H3,(H,23,26)(H,24,25). The molecule has 0 spiro atoms. The molecule has 1 unspecified atom stereocenters. The van der Waals surface area contributed by atoms with Crippen molar-refractivity contribution in [1.82, 2.24) is 10.3 Å². The Balaban J connectivity index is 1.53. The van der Waals surface area contributed by atoms with Crippen molar-refractivity contribution in [2.45, 2.75) is 25.8 Å². The molecule has 0 saturated carbocycles. The zero-order valence-corrected chi connectivity index (χ0v) is 15.8. The van der Waals surface area contributed by atoms with Gasteiger partial charge < -0.3 is 10.3 Å². The van der Waals surface area contributed by atoms with Gasteiger partial charge in [0, 0.05) is 21.6 Å². The van der Waals surface area contributed by atoms with Crippen LogP contribution in [0.15, 0.2) is 65.5 Å². The minimum atomic E-state index is -0.156. The highest BCUT2D eigenvalue weighted by Crippen LogP contribution is 2.29. The number of para-hydroxylation sites is 1. The molecule has 27 heavy (non-hydrogen) atoms. The molecule has 5 heteroatoms. The number of aromatic amines is 1. The molecule has 0 aliphatic heterocycles. The maximum Gasteiger partial charge on any atom is 0.261 e. The van der Waals surface area contributed by atoms with Crippen LogP contribution in [0.1, 0.15) is 28.6 Å². The Kier molecular flexibility index (Phi) is 4.77. The summed E-state index contributed by atoms with van der Waals surface area (Å²) in [6, 6.07) is 19.7. The summed E-state index contributed by atoms with van der Waals surface area (Å²) in [7, 11) is 0. The molecule has 0 aliphatic rings. The van der Waals surface area contributed by atoms with Crippen LogP contribution in [0, 0.1) is 0 Å². The Morgan fingerprint density at radius 3 is 2.63 bits per heavy atom. The molecule has 1 atom stereocenters. The van der Waals surface area contributed by atoms with Crippen molar-refractivity contribution in [1.29, 1.82) is 0 Å². The van der Waals surface area contributed by atoms with Crippen molar-refractivity contribution in [2.75, 3.05) is 0 Å². The molecule has 136 valence electrons. The molecule has 2 heterocycles. The Labute approximate surface area is 160 Å². The highest BCUT2D eigenvalue weighted by molar-refractivity contribution is 7.21. The zero-order chi connectivity index (χ0) is 18.8. The Morgan fingerprint density at radius 2 is 1.81 bits per heavy atom. The average Bonchev–Trinajstić information content (AvgIpc) is 3.14. The monoisotopic (exact) mass is 376 g/mol. The number of thiophene rings is 1. The van der Waals surface area contributed by atoms with Crippen LogP contribution in [-0.4, -0.2) is 16.9 Å². The first kappa shape index (κ1) is 17.5. The molecular weight excluding hydrogens is 356 g/mol. The normalized spacial score (nSPS) is 12.3. The molecule has 2 aromatic carbocycles. The van der Waals surface area contributed by atoms with Crippen molar-refractivity contribution < 1.29 is 4.79 Å². The Hall–Kier alpha value is -2.92. The fourth-order valence-corrected chi connectivity index (χ4v) is 4.34. The van der Waals surface area contributed by atoms with Gasteiger partial charge in [-0.2, -0.15) is 0 Å². The number of benzene rings is 2. The van der Waals surface area contributed by atoms with Gasteiger partial charge in [-0.3, -0.25) is 9.59 Å². The van der Waals surface area contributed by atoms with Crippen LogP contribution in [0.5, 0.6) is 0 Å². The minimum absolute atomic E-state index is 0.0537. The summed E-state index contributed by atoms with van der Waals surface area (Å²) in [5.41, 5.74) is 1.90. The fraction of sp³-hybridized carbons (Fsp3) is 0.182. The smallest absolute Gasteiger partial charge is 0.261 e. The second kappa shape index (κ2) is 7.37. The van der Waals surface area contributed by atoms with E-state index in [1.54, 1.807) is 6.07 Å². The predicted octanol–water partition coefficient (Wildman–Crippen LogP) is 4.49. The number of hydrogen-bond acceptors (Lipinski definition) is 3. The molecular formula is C22H20N2O2S. The first-order valence-corrected chi connectivity index (χ1v) is 9.83. The third kappa shape index (κ3) is 3.64. The summed E-state index contributed by atoms with van der Waals surface area (Å²) in [5, 5.41) is 4.59. The van der Waals surface area contributed by atoms with Gasteiger partial charge in [0.05, 0.1) is 10.3 Å². The van der Waals surface area contributed by atoms with Crippen molar-refractivity contribution in [3.8, 4) is 0 Å². The van der Waals surface area contributed by atoms with Crippen molar-refractivity contribution >= 4 is 38.2 Å². The molecule has 0 aliphatic carbocycles. The minimum Gasteiger partial charge on any atom is -0.349 e. The topological polar surface area (TPSA) is 62.0 Å². The molecule has 2 N–H and O–H groups in total. The van der Waals surface area contributed by atoms with Gasteiger partial charge in [-0.1, -0.05) is 48.5 Å². The van der Waals surface area contributed by atoms with E-state index in [1.807, 2.05) is 49.4 Å². The summed E-state index contributed by atoms with van der Waals surface area (Å²) in [6.45, 7) is 2.01. The highest BCUT2D eigenvalue weighted by Gasteiger charge is 2.16. The number of pyridine rings is 1. The maximum atomic E-state index is 12.7. The SMILES string of the molecule is CC(CCc1ccccc1)NC(=O)c1cc2c(=O)[nH]c3ccccc3c2s1. The van der Waals surface area contributed by atoms with Gasteiger partial charge in [-0.25, -0.2) is 0 Å². The highest BCUT2D eigenvalue weighted by atomic mass is 32.1. The first-order chi connectivity index (χ1) is 13.1. The van der Waals surface area contributed by atoms with Gasteiger partial charge in [0.2, 0.25) is 0 Å². The number of nitrogens with one attached hydrogen (secondary N) is 2. The van der Waals surface area contributed by atoms with E-state index in [0.29, 0.717) is 10.3 Å². The number of aromatic nitrogens is 1. The quantitative estimate of drug-likeness (QED) is 0.539. The van der Waals surface area contributed by atoms with E-state index in [9.17, 15) is 9.59 Å². The molecule has 4 rings (SSSR count). The van der Waals surface area contributed by atoms with E-state index >= 15 is 0 Å². The maximum absolute atomic E-state index is 12.7. The lowest BCUT2D eigenvalue weighted by Gasteiger charge is -2.13. The van der Waals surface area contributed by atoms with Crippen LogP contribution in [0.2, 0.25) is 0 Å². The van der Waals surface area contributed by atoms with E-state index in [0.717, 1.165) is 28.4 Å². The molecule has 0 fully saturated rings. The second-order valence-electron chi connectivity index (χ2n) is 6.75. The number of fused-ring (bicyclic) bond motifs is 3. The van der Waals surface area contributed by atoms with E-state index in [1.165, 1.54) is 16.9 Å². The van der Waals surface area contributed by atoms with Gasteiger partial charge in [0.25, 0.3) is 11.5 Å². The molecule has 2 aromatic heterocycles. The lowest BCUT2D eigenvalue weighted by molar-refractivity contribution is 0.0942. The number of hydrogen-bond donors (Lipinski definition) is 2. The fourth-order valence-electron chi connectivity index (χ4n) is 3.25. The third-order valence-electron chi connectivity index (χ3n) is 4.71. The Bertz CT molecular complexity index is 1160. The predicted molar refractivity (Wildman–Crippen MR) is 112 cm³/mol. The summed E-state index contributed by atoms with van der Waals surface area (Å²) >= 11 is 1.37. The number of H-pyrrole nitrogens is 1. The van der Waals surface area contributed by atoms with Crippen LogP contribution >= 0.6 is 11.3 Å². The van der Waals surface area contributed by atoms with Gasteiger partial charge in [0.15, 0.2) is 0 Å². The number of aryl methyl sites for hydroxylation is 1. The largest absolute Gasteiger partial charge is 0.349 e. The van der Waals surface area contributed by atoms with Crippen LogP contribution in [0.25, 0.3) is 21.0 Å². The molecule has 0 radical (unpaired) electrons. The number of carbonyl (C=O) groups is 1. The van der Waals surface area contributed by atoms with E-state index in [-0.39, 0.29) is 17.5 Å². The number of amides is 1. The lowest BCUT2D eigenvalue weighted by Crippen LogP contribution is -2.32. The molecule has 1 amide bonds. The van der Waals surface area contributed by atoms with Gasteiger partial charge >= 0.3 is 0 Å². The van der Waals surface area contributed by atoms with Crippen LogP contribution in [0.4, 0.5) is 0 Å². The summed E-state index contributed by atoms with van der Waals surface area (Å²) in [5.74, 6) is -0.125. The van der Waals surface area contributed by atoms with Crippen LogP contribution in [-0.2, 0) is 6.42 Å². The van der Waals surface area contributed by atoms with Crippen LogP contribution < -0.4 is 10.9 Å². The summed E-state index contributed by atoms with van der Waals surface area (Å²) in [6.07, 6.45) is 1.78. The van der Waals surface area contributed by atoms with E-state index in [4.69, 9.17) is 0 Å². The summed E-state index contributed by atoms with van der Waals surface area (Å²) in [4.78, 5) is 28.5. The Morgan fingerprint density at radius 1 is 1.07 bits per heavy atom. The van der Waals surface area contributed by atoms with Crippen LogP contribution in [0.3, 0.4) is 0 Å². The first-order valence-electron chi connectivity index (χ1n) is 9.01. The number of rotatable bonds is 5. The van der Waals surface area contributed by atoms with E-state index < -0.39 is 0 Å². The van der Waals surface area contributed by atoms with Crippen molar-refractivity contribution in [3.05, 3.63) is 81.5 Å². The molecule has 0 bridgehead atoms. The summed E-state index contributed by atoms with van der Waals surface area (Å²) < 4.78 is 0.858. The second-order valence-corrected chi connectivity index (χ2v) is 7.80. The molecule has 4 aromatic rings. The average molecular weight is 376 g/mol. The molecule has 4 nitrogen and oxygen atoms in total. The number of carbonyl (C=O) groups excluding carboxylic acids is 1. The van der Waals surface area contributed by atoms with Gasteiger partial charge in [-0.15, -0.1) is 11.3 Å². The third-order valence-corrected chi connectivity index (χ3v) is 5.87. The zero-order valence-electron chi connectivity index (χ0n) is 15.0. The van der Waals surface area contributed by atoms with E-state index in [2.05, 4.69) is 22.4 Å². The van der Waals surface area contributed by atoms with Crippen molar-refractivity contribution in [3.63, 3.8) is 0 Å². The van der Waals surface area contributed by atoms with Crippen molar-refractivity contribution in [2.24, 2.45) is 0 Å². The van der Waals surface area contributed by atoms with Gasteiger partial charge in [0.1, 0.15) is 0 Å². The molecule has 0 saturated heterocycles. The lowest BCUT2D eigenvalue weighted by atomic mass is 10.1. The van der Waals surface area contributed by atoms with Gasteiger partial charge in [-0.05, 0) is 37.5 Å².